The van der Waals surface area contributed by atoms with Crippen LogP contribution in [-0.4, -0.2) is 9.75 Å². The van der Waals surface area contributed by atoms with Crippen LogP contribution in [0.1, 0.15) is 25.6 Å². The molecule has 0 amide bonds. The number of hydrogen-bond donors (Lipinski definition) is 0. The topological polar surface area (TPSA) is 12.9 Å². The van der Waals surface area contributed by atoms with Gasteiger partial charge in [-0.15, -0.1) is 11.6 Å². The molecule has 2 rings (SSSR count). The summed E-state index contributed by atoms with van der Waals surface area (Å²) in [5.41, 5.74) is 1.22. The van der Waals surface area contributed by atoms with Crippen LogP contribution in [-0.2, 0) is 6.42 Å². The van der Waals surface area contributed by atoms with E-state index < -0.39 is 0 Å². The lowest BCUT2D eigenvalue weighted by atomic mass is 9.89. The van der Waals surface area contributed by atoms with E-state index in [1.54, 1.807) is 11.5 Å². The Bertz CT molecular complexity index is 484. The largest absolute Gasteiger partial charge is 0.192 e. The summed E-state index contributed by atoms with van der Waals surface area (Å²) in [6, 6.07) is 8.25. The van der Waals surface area contributed by atoms with Gasteiger partial charge in [-0.25, -0.2) is 0 Å². The fourth-order valence-corrected chi connectivity index (χ4v) is 2.68. The van der Waals surface area contributed by atoms with Gasteiger partial charge in [-0.05, 0) is 23.0 Å². The van der Waals surface area contributed by atoms with E-state index in [0.29, 0.717) is 0 Å². The average molecular weight is 254 g/mol. The van der Waals surface area contributed by atoms with Gasteiger partial charge in [0.1, 0.15) is 0 Å². The van der Waals surface area contributed by atoms with Crippen molar-refractivity contribution in [3.63, 3.8) is 0 Å². The maximum Gasteiger partial charge on any atom is 0.0843 e. The van der Waals surface area contributed by atoms with Crippen LogP contribution in [0.3, 0.4) is 0 Å². The van der Waals surface area contributed by atoms with Gasteiger partial charge in [-0.3, -0.25) is 0 Å². The van der Waals surface area contributed by atoms with Crippen molar-refractivity contribution in [3.05, 3.63) is 29.1 Å². The maximum atomic E-state index is 6.43. The van der Waals surface area contributed by atoms with Crippen molar-refractivity contribution in [1.29, 1.82) is 0 Å². The summed E-state index contributed by atoms with van der Waals surface area (Å²) in [5.74, 6) is 0. The molecule has 0 saturated carbocycles. The second kappa shape index (κ2) is 4.34. The molecule has 16 heavy (non-hydrogen) atoms. The summed E-state index contributed by atoms with van der Waals surface area (Å²) in [7, 11) is 0. The van der Waals surface area contributed by atoms with Crippen LogP contribution in [0.15, 0.2) is 24.3 Å². The molecule has 1 heterocycles. The molecule has 1 aromatic heterocycles. The van der Waals surface area contributed by atoms with Crippen molar-refractivity contribution in [1.82, 2.24) is 4.37 Å². The smallest absolute Gasteiger partial charge is 0.0843 e. The van der Waals surface area contributed by atoms with Crippen LogP contribution in [0, 0.1) is 5.41 Å². The lowest BCUT2D eigenvalue weighted by molar-refractivity contribution is 0.388. The molecule has 0 aliphatic rings. The third kappa shape index (κ3) is 2.38. The van der Waals surface area contributed by atoms with Gasteiger partial charge in [0, 0.05) is 22.1 Å². The Morgan fingerprint density at radius 3 is 2.69 bits per heavy atom. The molecule has 0 saturated heterocycles. The van der Waals surface area contributed by atoms with Crippen molar-refractivity contribution in [2.24, 2.45) is 5.41 Å². The first-order chi connectivity index (χ1) is 7.48. The van der Waals surface area contributed by atoms with Crippen molar-refractivity contribution in [3.8, 4) is 0 Å². The second-order valence-corrected chi connectivity index (χ2v) is 6.55. The SMILES string of the molecule is CC(C)(C)C(Cl)Cc1snc2ccccc12. The fourth-order valence-electron chi connectivity index (χ4n) is 1.56. The molecule has 1 unspecified atom stereocenters. The van der Waals surface area contributed by atoms with Gasteiger partial charge in [0.25, 0.3) is 0 Å². The van der Waals surface area contributed by atoms with Crippen LogP contribution < -0.4 is 0 Å². The molecule has 1 aromatic carbocycles. The molecular formula is C13H16ClNS. The summed E-state index contributed by atoms with van der Waals surface area (Å²) in [5, 5.41) is 1.40. The first kappa shape index (κ1) is 11.9. The molecule has 1 nitrogen and oxygen atoms in total. The van der Waals surface area contributed by atoms with Gasteiger partial charge in [0.15, 0.2) is 0 Å². The minimum Gasteiger partial charge on any atom is -0.192 e. The highest BCUT2D eigenvalue weighted by Crippen LogP contribution is 2.31. The summed E-state index contributed by atoms with van der Waals surface area (Å²) in [6.07, 6.45) is 0.899. The van der Waals surface area contributed by atoms with Crippen LogP contribution in [0.4, 0.5) is 0 Å². The monoisotopic (exact) mass is 253 g/mol. The Morgan fingerprint density at radius 2 is 2.00 bits per heavy atom. The standard InChI is InChI=1S/C13H16ClNS/c1-13(2,3)12(14)8-11-9-6-4-5-7-10(9)15-16-11/h4-7,12H,8H2,1-3H3. The molecule has 0 fully saturated rings. The number of nitrogens with zero attached hydrogens (tertiary/aromatic N) is 1. The molecule has 0 bridgehead atoms. The van der Waals surface area contributed by atoms with Crippen LogP contribution in [0.2, 0.25) is 0 Å². The fraction of sp³-hybridized carbons (Fsp3) is 0.462. The maximum absolute atomic E-state index is 6.43. The van der Waals surface area contributed by atoms with Crippen LogP contribution in [0.5, 0.6) is 0 Å². The molecule has 2 aromatic rings. The molecule has 0 aliphatic carbocycles. The van der Waals surface area contributed by atoms with E-state index >= 15 is 0 Å². The first-order valence-electron chi connectivity index (χ1n) is 5.46. The zero-order chi connectivity index (χ0) is 11.8. The molecule has 0 aliphatic heterocycles. The van der Waals surface area contributed by atoms with Crippen LogP contribution in [0.25, 0.3) is 10.9 Å². The number of aromatic nitrogens is 1. The minimum atomic E-state index is 0.132. The number of fused-ring (bicyclic) bond motifs is 1. The van der Waals surface area contributed by atoms with E-state index in [1.807, 2.05) is 6.07 Å². The van der Waals surface area contributed by atoms with Gasteiger partial charge in [0.2, 0.25) is 0 Å². The number of halogens is 1. The number of hydrogen-bond acceptors (Lipinski definition) is 2. The minimum absolute atomic E-state index is 0.132. The van der Waals surface area contributed by atoms with Gasteiger partial charge in [0.05, 0.1) is 5.52 Å². The molecule has 0 spiro atoms. The number of benzene rings is 1. The van der Waals surface area contributed by atoms with E-state index in [-0.39, 0.29) is 10.8 Å². The van der Waals surface area contributed by atoms with Crippen molar-refractivity contribution in [2.75, 3.05) is 0 Å². The summed E-state index contributed by atoms with van der Waals surface area (Å²) < 4.78 is 4.44. The van der Waals surface area contributed by atoms with E-state index in [0.717, 1.165) is 11.9 Å². The Morgan fingerprint density at radius 1 is 1.31 bits per heavy atom. The normalized spacial score (nSPS) is 14.2. The Labute approximate surface area is 106 Å². The summed E-state index contributed by atoms with van der Waals surface area (Å²) in [6.45, 7) is 6.52. The lowest BCUT2D eigenvalue weighted by Crippen LogP contribution is -2.22. The zero-order valence-corrected chi connectivity index (χ0v) is 11.4. The average Bonchev–Trinajstić information content (AvgIpc) is 2.61. The van der Waals surface area contributed by atoms with E-state index in [9.17, 15) is 0 Å². The highest BCUT2D eigenvalue weighted by molar-refractivity contribution is 7.07. The van der Waals surface area contributed by atoms with Crippen molar-refractivity contribution < 1.29 is 0 Å². The predicted molar refractivity (Wildman–Crippen MR) is 72.4 cm³/mol. The lowest BCUT2D eigenvalue weighted by Gasteiger charge is -2.24. The third-order valence-corrected chi connectivity index (χ3v) is 4.47. The molecule has 0 radical (unpaired) electrons. The Kier molecular flexibility index (Phi) is 3.22. The van der Waals surface area contributed by atoms with Gasteiger partial charge in [-0.1, -0.05) is 39.0 Å². The Balaban J connectivity index is 2.28. The van der Waals surface area contributed by atoms with Gasteiger partial charge >= 0.3 is 0 Å². The summed E-state index contributed by atoms with van der Waals surface area (Å²) >= 11 is 8.00. The zero-order valence-electron chi connectivity index (χ0n) is 9.83. The van der Waals surface area contributed by atoms with Crippen molar-refractivity contribution >= 4 is 34.0 Å². The van der Waals surface area contributed by atoms with E-state index in [1.165, 1.54) is 10.3 Å². The predicted octanol–water partition coefficient (Wildman–Crippen LogP) is 4.49. The molecular weight excluding hydrogens is 238 g/mol. The highest BCUT2D eigenvalue weighted by Gasteiger charge is 2.23. The van der Waals surface area contributed by atoms with E-state index in [4.69, 9.17) is 11.6 Å². The number of alkyl halides is 1. The van der Waals surface area contributed by atoms with Crippen molar-refractivity contribution in [2.45, 2.75) is 32.6 Å². The molecule has 0 N–H and O–H groups in total. The Hall–Kier alpha value is -0.600. The molecule has 86 valence electrons. The first-order valence-corrected chi connectivity index (χ1v) is 6.67. The third-order valence-electron chi connectivity index (χ3n) is 2.76. The summed E-state index contributed by atoms with van der Waals surface area (Å²) in [4.78, 5) is 1.30. The van der Waals surface area contributed by atoms with Gasteiger partial charge in [-0.2, -0.15) is 4.37 Å². The molecule has 1 atom stereocenters. The highest BCUT2D eigenvalue weighted by atomic mass is 35.5. The molecule has 3 heteroatoms. The number of rotatable bonds is 2. The quantitative estimate of drug-likeness (QED) is 0.719. The van der Waals surface area contributed by atoms with E-state index in [2.05, 4.69) is 43.3 Å². The second-order valence-electron chi connectivity index (χ2n) is 5.16. The van der Waals surface area contributed by atoms with Crippen LogP contribution >= 0.6 is 23.1 Å². The van der Waals surface area contributed by atoms with Gasteiger partial charge < -0.3 is 0 Å².